The fraction of sp³-hybridized carbons (Fsp3) is 0.765. The Bertz CT molecular complexity index is 402. The molecule has 0 aromatic carbocycles. The first kappa shape index (κ1) is 17.7. The molecule has 20 heavy (non-hydrogen) atoms. The van der Waals surface area contributed by atoms with Crippen molar-refractivity contribution < 1.29 is 0 Å². The van der Waals surface area contributed by atoms with E-state index in [1.807, 2.05) is 11.3 Å². The highest BCUT2D eigenvalue weighted by Gasteiger charge is 2.15. The van der Waals surface area contributed by atoms with Crippen LogP contribution in [0.15, 0.2) is 6.07 Å². The Morgan fingerprint density at radius 2 is 1.95 bits per heavy atom. The second-order valence-electron chi connectivity index (χ2n) is 7.55. The van der Waals surface area contributed by atoms with Gasteiger partial charge in [0, 0.05) is 29.4 Å². The van der Waals surface area contributed by atoms with Crippen LogP contribution in [0, 0.1) is 18.3 Å². The van der Waals surface area contributed by atoms with Gasteiger partial charge in [0.2, 0.25) is 0 Å². The summed E-state index contributed by atoms with van der Waals surface area (Å²) in [6.07, 6.45) is 0. The Kier molecular flexibility index (Phi) is 6.70. The van der Waals surface area contributed by atoms with E-state index >= 15 is 0 Å². The van der Waals surface area contributed by atoms with Gasteiger partial charge in [0.25, 0.3) is 0 Å². The zero-order valence-corrected chi connectivity index (χ0v) is 15.2. The Morgan fingerprint density at radius 1 is 1.30 bits per heavy atom. The Balaban J connectivity index is 2.52. The van der Waals surface area contributed by atoms with Crippen molar-refractivity contribution in [3.8, 4) is 0 Å². The molecular formula is C17H32N2S. The fourth-order valence-corrected chi connectivity index (χ4v) is 3.50. The molecule has 2 nitrogen and oxygen atoms in total. The van der Waals surface area contributed by atoms with Crippen molar-refractivity contribution in [3.63, 3.8) is 0 Å². The van der Waals surface area contributed by atoms with Crippen molar-refractivity contribution in [2.75, 3.05) is 20.1 Å². The summed E-state index contributed by atoms with van der Waals surface area (Å²) < 4.78 is 0. The van der Waals surface area contributed by atoms with E-state index in [2.05, 4.69) is 64.9 Å². The Labute approximate surface area is 129 Å². The number of hydrogen-bond donors (Lipinski definition) is 1. The second kappa shape index (κ2) is 7.58. The van der Waals surface area contributed by atoms with Gasteiger partial charge < -0.3 is 10.2 Å². The van der Waals surface area contributed by atoms with E-state index in [1.165, 1.54) is 15.3 Å². The number of thiophene rings is 1. The van der Waals surface area contributed by atoms with Gasteiger partial charge in [0.1, 0.15) is 0 Å². The van der Waals surface area contributed by atoms with Gasteiger partial charge in [-0.05, 0) is 43.5 Å². The van der Waals surface area contributed by atoms with Crippen molar-refractivity contribution in [2.45, 2.75) is 54.6 Å². The molecule has 0 unspecified atom stereocenters. The summed E-state index contributed by atoms with van der Waals surface area (Å²) in [4.78, 5) is 5.36. The maximum atomic E-state index is 3.53. The van der Waals surface area contributed by atoms with Crippen LogP contribution in [0.3, 0.4) is 0 Å². The van der Waals surface area contributed by atoms with Crippen LogP contribution >= 0.6 is 11.3 Å². The van der Waals surface area contributed by atoms with Crippen molar-refractivity contribution in [1.29, 1.82) is 0 Å². The lowest BCUT2D eigenvalue weighted by molar-refractivity contribution is 0.220. The van der Waals surface area contributed by atoms with E-state index in [0.29, 0.717) is 11.3 Å². The lowest BCUT2D eigenvalue weighted by Gasteiger charge is -2.26. The third-order valence-corrected chi connectivity index (χ3v) is 4.20. The normalized spacial score (nSPS) is 12.7. The molecule has 1 rings (SSSR count). The van der Waals surface area contributed by atoms with Crippen LogP contribution in [-0.2, 0) is 13.1 Å². The van der Waals surface area contributed by atoms with Crippen LogP contribution in [0.1, 0.15) is 49.9 Å². The smallest absolute Gasteiger partial charge is 0.0300 e. The van der Waals surface area contributed by atoms with Crippen molar-refractivity contribution in [1.82, 2.24) is 10.2 Å². The zero-order chi connectivity index (χ0) is 15.3. The number of nitrogens with zero attached hydrogens (tertiary/aromatic N) is 1. The van der Waals surface area contributed by atoms with Crippen LogP contribution in [0.25, 0.3) is 0 Å². The summed E-state index contributed by atoms with van der Waals surface area (Å²) in [6, 6.07) is 2.38. The average molecular weight is 297 g/mol. The third kappa shape index (κ3) is 6.87. The molecule has 0 saturated heterocycles. The molecule has 1 N–H and O–H groups in total. The van der Waals surface area contributed by atoms with Gasteiger partial charge in [-0.1, -0.05) is 34.6 Å². The quantitative estimate of drug-likeness (QED) is 0.808. The highest BCUT2D eigenvalue weighted by molar-refractivity contribution is 7.12. The van der Waals surface area contributed by atoms with Crippen LogP contribution in [0.5, 0.6) is 0 Å². The van der Waals surface area contributed by atoms with Crippen LogP contribution in [0.2, 0.25) is 0 Å². The number of hydrogen-bond acceptors (Lipinski definition) is 3. The minimum Gasteiger partial charge on any atom is -0.312 e. The zero-order valence-electron chi connectivity index (χ0n) is 14.3. The summed E-state index contributed by atoms with van der Waals surface area (Å²) in [5, 5.41) is 3.53. The molecule has 0 atom stereocenters. The highest BCUT2D eigenvalue weighted by atomic mass is 32.1. The van der Waals surface area contributed by atoms with E-state index < -0.39 is 0 Å². The van der Waals surface area contributed by atoms with Crippen molar-refractivity contribution in [3.05, 3.63) is 21.4 Å². The second-order valence-corrected chi connectivity index (χ2v) is 8.89. The van der Waals surface area contributed by atoms with Gasteiger partial charge in [0.15, 0.2) is 0 Å². The third-order valence-electron chi connectivity index (χ3n) is 3.11. The van der Waals surface area contributed by atoms with Gasteiger partial charge in [0.05, 0.1) is 0 Å². The lowest BCUT2D eigenvalue weighted by Crippen LogP contribution is -2.28. The molecule has 0 bridgehead atoms. The molecule has 1 heterocycles. The molecule has 1 aromatic heterocycles. The molecule has 116 valence electrons. The molecular weight excluding hydrogens is 264 g/mol. The van der Waals surface area contributed by atoms with E-state index in [0.717, 1.165) is 26.2 Å². The first-order chi connectivity index (χ1) is 9.17. The van der Waals surface area contributed by atoms with Crippen molar-refractivity contribution >= 4 is 11.3 Å². The van der Waals surface area contributed by atoms with Crippen molar-refractivity contribution in [2.24, 2.45) is 11.3 Å². The SMILES string of the molecule is Cc1sc(CNCC(C)C)cc1CN(C)CC(C)(C)C. The standard InChI is InChI=1S/C17H32N2S/c1-13(2)9-18-10-16-8-15(14(3)20-16)11-19(7)12-17(4,5)6/h8,13,18H,9-12H2,1-7H3. The van der Waals surface area contributed by atoms with Gasteiger partial charge in [-0.25, -0.2) is 0 Å². The summed E-state index contributed by atoms with van der Waals surface area (Å²) in [5.41, 5.74) is 1.85. The molecule has 3 heteroatoms. The van der Waals surface area contributed by atoms with Gasteiger partial charge in [-0.2, -0.15) is 0 Å². The van der Waals surface area contributed by atoms with Gasteiger partial charge >= 0.3 is 0 Å². The monoisotopic (exact) mass is 296 g/mol. The summed E-state index contributed by atoms with van der Waals surface area (Å²) in [6.45, 7) is 17.9. The maximum absolute atomic E-state index is 3.53. The number of rotatable bonds is 7. The molecule has 0 aliphatic carbocycles. The molecule has 0 aliphatic rings. The van der Waals surface area contributed by atoms with Gasteiger partial charge in [-0.3, -0.25) is 0 Å². The molecule has 0 radical (unpaired) electrons. The number of aryl methyl sites for hydroxylation is 1. The summed E-state index contributed by atoms with van der Waals surface area (Å²) >= 11 is 1.94. The summed E-state index contributed by atoms with van der Waals surface area (Å²) in [7, 11) is 2.22. The first-order valence-corrected chi connectivity index (χ1v) is 8.46. The van der Waals surface area contributed by atoms with Gasteiger partial charge in [-0.15, -0.1) is 11.3 Å². The topological polar surface area (TPSA) is 15.3 Å². The Hall–Kier alpha value is -0.380. The molecule has 1 aromatic rings. The number of nitrogens with one attached hydrogen (secondary N) is 1. The van der Waals surface area contributed by atoms with Crippen LogP contribution in [-0.4, -0.2) is 25.0 Å². The summed E-state index contributed by atoms with van der Waals surface area (Å²) in [5.74, 6) is 0.716. The fourth-order valence-electron chi connectivity index (χ4n) is 2.47. The molecule has 0 spiro atoms. The van der Waals surface area contributed by atoms with E-state index in [-0.39, 0.29) is 0 Å². The van der Waals surface area contributed by atoms with Crippen LogP contribution < -0.4 is 5.32 Å². The van der Waals surface area contributed by atoms with E-state index in [4.69, 9.17) is 0 Å². The Morgan fingerprint density at radius 3 is 2.50 bits per heavy atom. The van der Waals surface area contributed by atoms with E-state index in [9.17, 15) is 0 Å². The molecule has 0 aliphatic heterocycles. The maximum Gasteiger partial charge on any atom is 0.0300 e. The average Bonchev–Trinajstić information content (AvgIpc) is 2.55. The predicted molar refractivity (Wildman–Crippen MR) is 91.4 cm³/mol. The lowest BCUT2D eigenvalue weighted by atomic mass is 9.96. The van der Waals surface area contributed by atoms with E-state index in [1.54, 1.807) is 0 Å². The largest absolute Gasteiger partial charge is 0.312 e. The highest BCUT2D eigenvalue weighted by Crippen LogP contribution is 2.24. The minimum absolute atomic E-state index is 0.361. The van der Waals surface area contributed by atoms with Crippen LogP contribution in [0.4, 0.5) is 0 Å². The molecule has 0 amide bonds. The molecule has 0 saturated carbocycles. The first-order valence-electron chi connectivity index (χ1n) is 7.65. The minimum atomic E-state index is 0.361. The molecule has 0 fully saturated rings. The predicted octanol–water partition coefficient (Wildman–Crippen LogP) is 4.28.